The van der Waals surface area contributed by atoms with Gasteiger partial charge >= 0.3 is 0 Å². The second-order valence-electron chi connectivity index (χ2n) is 4.04. The molecule has 0 amide bonds. The Morgan fingerprint density at radius 2 is 1.65 bits per heavy atom. The Morgan fingerprint density at radius 1 is 1.00 bits per heavy atom. The third-order valence-corrected chi connectivity index (χ3v) is 3.87. The number of methoxy groups -OCH3 is 1. The van der Waals surface area contributed by atoms with E-state index in [4.69, 9.17) is 16.3 Å². The van der Waals surface area contributed by atoms with E-state index in [2.05, 4.69) is 15.9 Å². The van der Waals surface area contributed by atoms with Crippen LogP contribution in [-0.4, -0.2) is 7.11 Å². The van der Waals surface area contributed by atoms with E-state index in [9.17, 15) is 13.2 Å². The zero-order chi connectivity index (χ0) is 14.9. The predicted molar refractivity (Wildman–Crippen MR) is 74.7 cm³/mol. The monoisotopic (exact) mass is 364 g/mol. The standard InChI is InChI=1S/C14H9BrClF3O/c1-20-7-2-3-8(11(17)4-7)14(16)9-5-13(19)10(15)6-12(9)18/h2-6,14H,1H3. The SMILES string of the molecule is COc1ccc(C(Cl)c2cc(F)c(Br)cc2F)c(F)c1. The smallest absolute Gasteiger partial charge is 0.137 e. The maximum Gasteiger partial charge on any atom is 0.137 e. The highest BCUT2D eigenvalue weighted by atomic mass is 79.9. The van der Waals surface area contributed by atoms with Gasteiger partial charge in [0.2, 0.25) is 0 Å². The summed E-state index contributed by atoms with van der Waals surface area (Å²) in [6, 6.07) is 5.92. The van der Waals surface area contributed by atoms with Crippen molar-refractivity contribution in [2.75, 3.05) is 7.11 Å². The predicted octanol–water partition coefficient (Wildman–Crippen LogP) is 5.20. The number of ether oxygens (including phenoxy) is 1. The molecule has 6 heteroatoms. The van der Waals surface area contributed by atoms with E-state index in [1.807, 2.05) is 0 Å². The third kappa shape index (κ3) is 2.94. The van der Waals surface area contributed by atoms with Crippen molar-refractivity contribution >= 4 is 27.5 Å². The number of rotatable bonds is 3. The number of benzene rings is 2. The van der Waals surface area contributed by atoms with Crippen LogP contribution in [0.3, 0.4) is 0 Å². The van der Waals surface area contributed by atoms with Crippen LogP contribution in [0.5, 0.6) is 5.75 Å². The van der Waals surface area contributed by atoms with Crippen LogP contribution in [-0.2, 0) is 0 Å². The van der Waals surface area contributed by atoms with Crippen LogP contribution in [0.1, 0.15) is 16.5 Å². The van der Waals surface area contributed by atoms with Crippen LogP contribution < -0.4 is 4.74 Å². The van der Waals surface area contributed by atoms with Crippen molar-refractivity contribution in [2.24, 2.45) is 0 Å². The molecule has 0 saturated heterocycles. The first-order valence-corrected chi connectivity index (χ1v) is 6.79. The summed E-state index contributed by atoms with van der Waals surface area (Å²) in [4.78, 5) is 0. The van der Waals surface area contributed by atoms with Gasteiger partial charge in [-0.25, -0.2) is 13.2 Å². The number of halogens is 5. The van der Waals surface area contributed by atoms with Gasteiger partial charge < -0.3 is 4.74 Å². The molecule has 1 atom stereocenters. The largest absolute Gasteiger partial charge is 0.497 e. The molecular weight excluding hydrogens is 357 g/mol. The Morgan fingerprint density at radius 3 is 2.25 bits per heavy atom. The van der Waals surface area contributed by atoms with Gasteiger partial charge in [-0.05, 0) is 34.1 Å². The highest BCUT2D eigenvalue weighted by Gasteiger charge is 2.21. The van der Waals surface area contributed by atoms with Crippen molar-refractivity contribution < 1.29 is 17.9 Å². The van der Waals surface area contributed by atoms with Gasteiger partial charge in [0.05, 0.1) is 17.0 Å². The third-order valence-electron chi connectivity index (χ3n) is 2.79. The van der Waals surface area contributed by atoms with Gasteiger partial charge in [-0.15, -0.1) is 11.6 Å². The number of hydrogen-bond acceptors (Lipinski definition) is 1. The molecule has 0 aromatic heterocycles. The zero-order valence-corrected chi connectivity index (χ0v) is 12.6. The summed E-state index contributed by atoms with van der Waals surface area (Å²) in [6.45, 7) is 0. The first-order chi connectivity index (χ1) is 9.43. The van der Waals surface area contributed by atoms with E-state index < -0.39 is 22.8 Å². The van der Waals surface area contributed by atoms with Gasteiger partial charge in [-0.3, -0.25) is 0 Å². The summed E-state index contributed by atoms with van der Waals surface area (Å²) in [5.41, 5.74) is -0.0791. The average Bonchev–Trinajstić information content (AvgIpc) is 2.42. The molecule has 20 heavy (non-hydrogen) atoms. The van der Waals surface area contributed by atoms with Crippen LogP contribution in [0.2, 0.25) is 0 Å². The fourth-order valence-corrected chi connectivity index (χ4v) is 2.40. The summed E-state index contributed by atoms with van der Waals surface area (Å²) in [5.74, 6) is -1.71. The molecule has 0 spiro atoms. The van der Waals surface area contributed by atoms with E-state index >= 15 is 0 Å². The molecule has 2 aromatic rings. The number of hydrogen-bond donors (Lipinski definition) is 0. The molecule has 2 aromatic carbocycles. The highest BCUT2D eigenvalue weighted by Crippen LogP contribution is 2.35. The lowest BCUT2D eigenvalue weighted by atomic mass is 10.0. The molecule has 0 saturated carbocycles. The van der Waals surface area contributed by atoms with Crippen molar-refractivity contribution in [3.05, 3.63) is 63.4 Å². The van der Waals surface area contributed by atoms with Crippen LogP contribution >= 0.6 is 27.5 Å². The van der Waals surface area contributed by atoms with E-state index in [1.54, 1.807) is 0 Å². The minimum absolute atomic E-state index is 0.0159. The minimum Gasteiger partial charge on any atom is -0.497 e. The summed E-state index contributed by atoms with van der Waals surface area (Å²) in [7, 11) is 1.40. The molecule has 0 bridgehead atoms. The summed E-state index contributed by atoms with van der Waals surface area (Å²) in [5, 5.41) is -1.14. The molecule has 2 rings (SSSR count). The van der Waals surface area contributed by atoms with E-state index in [1.165, 1.54) is 19.2 Å². The second kappa shape index (κ2) is 6.06. The Labute approximate surface area is 127 Å². The van der Waals surface area contributed by atoms with Gasteiger partial charge in [-0.2, -0.15) is 0 Å². The van der Waals surface area contributed by atoms with Crippen molar-refractivity contribution in [3.63, 3.8) is 0 Å². The first-order valence-electron chi connectivity index (χ1n) is 5.56. The summed E-state index contributed by atoms with van der Waals surface area (Å²) < 4.78 is 46.0. The normalized spacial score (nSPS) is 12.3. The average molecular weight is 366 g/mol. The minimum atomic E-state index is -1.14. The molecule has 0 aliphatic rings. The fraction of sp³-hybridized carbons (Fsp3) is 0.143. The van der Waals surface area contributed by atoms with E-state index in [0.29, 0.717) is 5.75 Å². The van der Waals surface area contributed by atoms with Crippen molar-refractivity contribution in [2.45, 2.75) is 5.38 Å². The van der Waals surface area contributed by atoms with Crippen molar-refractivity contribution in [3.8, 4) is 5.75 Å². The molecule has 0 heterocycles. The van der Waals surface area contributed by atoms with Crippen molar-refractivity contribution in [1.29, 1.82) is 0 Å². The van der Waals surface area contributed by atoms with Gasteiger partial charge in [0, 0.05) is 17.2 Å². The Bertz CT molecular complexity index is 649. The Kier molecular flexibility index (Phi) is 4.60. The lowest BCUT2D eigenvalue weighted by Gasteiger charge is -2.14. The van der Waals surface area contributed by atoms with Crippen LogP contribution in [0, 0.1) is 17.5 Å². The van der Waals surface area contributed by atoms with Crippen LogP contribution in [0.15, 0.2) is 34.8 Å². The van der Waals surface area contributed by atoms with E-state index in [-0.39, 0.29) is 15.6 Å². The van der Waals surface area contributed by atoms with Gasteiger partial charge in [0.25, 0.3) is 0 Å². The Hall–Kier alpha value is -1.20. The van der Waals surface area contributed by atoms with Gasteiger partial charge in [0.15, 0.2) is 0 Å². The van der Waals surface area contributed by atoms with Crippen molar-refractivity contribution in [1.82, 2.24) is 0 Å². The zero-order valence-electron chi connectivity index (χ0n) is 10.3. The molecule has 1 unspecified atom stereocenters. The maximum atomic E-state index is 13.9. The molecular formula is C14H9BrClF3O. The van der Waals surface area contributed by atoms with E-state index in [0.717, 1.165) is 18.2 Å². The second-order valence-corrected chi connectivity index (χ2v) is 5.33. The quantitative estimate of drug-likeness (QED) is 0.536. The molecule has 1 nitrogen and oxygen atoms in total. The molecule has 0 radical (unpaired) electrons. The number of alkyl halides is 1. The highest BCUT2D eigenvalue weighted by molar-refractivity contribution is 9.10. The Balaban J connectivity index is 2.46. The topological polar surface area (TPSA) is 9.23 Å². The molecule has 0 fully saturated rings. The fourth-order valence-electron chi connectivity index (χ4n) is 1.74. The summed E-state index contributed by atoms with van der Waals surface area (Å²) in [6.07, 6.45) is 0. The molecule has 0 aliphatic heterocycles. The maximum absolute atomic E-state index is 13.9. The lowest BCUT2D eigenvalue weighted by Crippen LogP contribution is -2.01. The lowest BCUT2D eigenvalue weighted by molar-refractivity contribution is 0.410. The van der Waals surface area contributed by atoms with Crippen LogP contribution in [0.4, 0.5) is 13.2 Å². The molecule has 0 N–H and O–H groups in total. The van der Waals surface area contributed by atoms with Crippen LogP contribution in [0.25, 0.3) is 0 Å². The van der Waals surface area contributed by atoms with Gasteiger partial charge in [-0.1, -0.05) is 6.07 Å². The first kappa shape index (κ1) is 15.2. The molecule has 106 valence electrons. The summed E-state index contributed by atoms with van der Waals surface area (Å²) >= 11 is 8.93. The van der Waals surface area contributed by atoms with Gasteiger partial charge in [0.1, 0.15) is 23.2 Å². The molecule has 0 aliphatic carbocycles.